The van der Waals surface area contributed by atoms with Crippen molar-refractivity contribution in [2.75, 3.05) is 6.54 Å². The van der Waals surface area contributed by atoms with Crippen LogP contribution in [-0.2, 0) is 13.0 Å². The first-order chi connectivity index (χ1) is 10.0. The average Bonchev–Trinajstić information content (AvgIpc) is 2.74. The van der Waals surface area contributed by atoms with Crippen molar-refractivity contribution in [3.8, 4) is 11.5 Å². The predicted octanol–water partition coefficient (Wildman–Crippen LogP) is 2.77. The van der Waals surface area contributed by atoms with Gasteiger partial charge in [0.15, 0.2) is 11.5 Å². The summed E-state index contributed by atoms with van der Waals surface area (Å²) in [7, 11) is 0. The molecule has 0 saturated heterocycles. The summed E-state index contributed by atoms with van der Waals surface area (Å²) < 4.78 is 2.30. The summed E-state index contributed by atoms with van der Waals surface area (Å²) in [4.78, 5) is 0. The molecule has 1 aliphatic rings. The van der Waals surface area contributed by atoms with Gasteiger partial charge in [0, 0.05) is 24.5 Å². The molecule has 1 aromatic heterocycles. The SMILES string of the molecule is CCn1c(C)cc(C2NCCc3cc(O)c(O)cc32)c1C. The first kappa shape index (κ1) is 14.0. The third-order valence-electron chi connectivity index (χ3n) is 4.53. The van der Waals surface area contributed by atoms with Crippen molar-refractivity contribution >= 4 is 0 Å². The standard InChI is InChI=1S/C17H22N2O2/c1-4-19-10(2)7-13(11(19)3)17-14-9-16(21)15(20)8-12(14)5-6-18-17/h7-9,17-18,20-21H,4-6H2,1-3H3. The molecule has 0 saturated carbocycles. The van der Waals surface area contributed by atoms with Gasteiger partial charge in [0.1, 0.15) is 0 Å². The second-order valence-corrected chi connectivity index (χ2v) is 5.75. The molecule has 3 N–H and O–H groups in total. The molecule has 2 heterocycles. The van der Waals surface area contributed by atoms with E-state index >= 15 is 0 Å². The quantitative estimate of drug-likeness (QED) is 0.744. The number of nitrogens with one attached hydrogen (secondary N) is 1. The Morgan fingerprint density at radius 3 is 2.52 bits per heavy atom. The van der Waals surface area contributed by atoms with Gasteiger partial charge in [-0.05, 0) is 62.1 Å². The zero-order valence-electron chi connectivity index (χ0n) is 12.8. The summed E-state index contributed by atoms with van der Waals surface area (Å²) in [5.74, 6) is -0.0832. The van der Waals surface area contributed by atoms with Crippen LogP contribution in [-0.4, -0.2) is 21.3 Å². The molecule has 21 heavy (non-hydrogen) atoms. The van der Waals surface area contributed by atoms with Crippen LogP contribution in [0.3, 0.4) is 0 Å². The van der Waals surface area contributed by atoms with E-state index in [0.29, 0.717) is 0 Å². The third kappa shape index (κ3) is 2.20. The Bertz CT molecular complexity index is 689. The summed E-state index contributed by atoms with van der Waals surface area (Å²) in [5.41, 5.74) is 5.93. The third-order valence-corrected chi connectivity index (χ3v) is 4.53. The summed E-state index contributed by atoms with van der Waals surface area (Å²) in [6.45, 7) is 8.24. The number of benzene rings is 1. The van der Waals surface area contributed by atoms with Gasteiger partial charge in [-0.3, -0.25) is 0 Å². The number of fused-ring (bicyclic) bond motifs is 1. The van der Waals surface area contributed by atoms with E-state index in [1.807, 2.05) is 0 Å². The van der Waals surface area contributed by atoms with Crippen LogP contribution < -0.4 is 5.32 Å². The summed E-state index contributed by atoms with van der Waals surface area (Å²) in [6, 6.07) is 5.68. The van der Waals surface area contributed by atoms with Crippen molar-refractivity contribution in [2.24, 2.45) is 0 Å². The predicted molar refractivity (Wildman–Crippen MR) is 82.9 cm³/mol. The highest BCUT2D eigenvalue weighted by molar-refractivity contribution is 5.51. The van der Waals surface area contributed by atoms with Crippen molar-refractivity contribution in [3.05, 3.63) is 46.3 Å². The van der Waals surface area contributed by atoms with Gasteiger partial charge in [0.2, 0.25) is 0 Å². The molecule has 0 radical (unpaired) electrons. The second kappa shape index (κ2) is 5.11. The van der Waals surface area contributed by atoms with E-state index in [9.17, 15) is 10.2 Å². The zero-order chi connectivity index (χ0) is 15.1. The lowest BCUT2D eigenvalue weighted by Gasteiger charge is -2.28. The Balaban J connectivity index is 2.12. The fraction of sp³-hybridized carbons (Fsp3) is 0.412. The highest BCUT2D eigenvalue weighted by Gasteiger charge is 2.26. The molecule has 0 spiro atoms. The minimum absolute atomic E-state index is 0.0339. The Labute approximate surface area is 125 Å². The molecule has 2 aromatic rings. The number of hydrogen-bond acceptors (Lipinski definition) is 3. The van der Waals surface area contributed by atoms with Crippen LogP contribution in [0.15, 0.2) is 18.2 Å². The number of nitrogens with zero attached hydrogens (tertiary/aromatic N) is 1. The van der Waals surface area contributed by atoms with E-state index < -0.39 is 0 Å². The Morgan fingerprint density at radius 1 is 1.14 bits per heavy atom. The molecule has 1 unspecified atom stereocenters. The molecular weight excluding hydrogens is 264 g/mol. The van der Waals surface area contributed by atoms with Gasteiger partial charge >= 0.3 is 0 Å². The number of phenols is 2. The molecule has 3 rings (SSSR count). The van der Waals surface area contributed by atoms with E-state index in [1.165, 1.54) is 17.0 Å². The van der Waals surface area contributed by atoms with Crippen LogP contribution in [0.4, 0.5) is 0 Å². The van der Waals surface area contributed by atoms with Gasteiger partial charge in [-0.15, -0.1) is 0 Å². The fourth-order valence-corrected chi connectivity index (χ4v) is 3.47. The molecule has 4 heteroatoms. The minimum atomic E-state index is -0.0493. The number of aromatic nitrogens is 1. The smallest absolute Gasteiger partial charge is 0.157 e. The van der Waals surface area contributed by atoms with Gasteiger partial charge in [-0.25, -0.2) is 0 Å². The molecule has 1 aliphatic heterocycles. The van der Waals surface area contributed by atoms with E-state index in [4.69, 9.17) is 0 Å². The molecule has 0 amide bonds. The zero-order valence-corrected chi connectivity index (χ0v) is 12.8. The topological polar surface area (TPSA) is 57.4 Å². The normalized spacial score (nSPS) is 17.8. The van der Waals surface area contributed by atoms with Crippen LogP contribution in [0, 0.1) is 13.8 Å². The molecule has 0 bridgehead atoms. The maximum Gasteiger partial charge on any atom is 0.157 e. The van der Waals surface area contributed by atoms with Crippen molar-refractivity contribution in [2.45, 2.75) is 39.8 Å². The van der Waals surface area contributed by atoms with Crippen LogP contribution in [0.25, 0.3) is 0 Å². The molecule has 1 aromatic carbocycles. The summed E-state index contributed by atoms with van der Waals surface area (Å²) in [6.07, 6.45) is 0.867. The van der Waals surface area contributed by atoms with Crippen LogP contribution in [0.5, 0.6) is 11.5 Å². The highest BCUT2D eigenvalue weighted by atomic mass is 16.3. The number of aryl methyl sites for hydroxylation is 1. The van der Waals surface area contributed by atoms with Crippen LogP contribution in [0.1, 0.15) is 41.0 Å². The van der Waals surface area contributed by atoms with Crippen LogP contribution >= 0.6 is 0 Å². The Hall–Kier alpha value is -1.94. The van der Waals surface area contributed by atoms with Gasteiger partial charge in [0.05, 0.1) is 6.04 Å². The fourth-order valence-electron chi connectivity index (χ4n) is 3.47. The number of hydrogen-bond donors (Lipinski definition) is 3. The Morgan fingerprint density at radius 2 is 1.86 bits per heavy atom. The molecule has 112 valence electrons. The van der Waals surface area contributed by atoms with Gasteiger partial charge in [-0.2, -0.15) is 0 Å². The largest absolute Gasteiger partial charge is 0.504 e. The van der Waals surface area contributed by atoms with Gasteiger partial charge in [-0.1, -0.05) is 0 Å². The van der Waals surface area contributed by atoms with E-state index in [-0.39, 0.29) is 17.5 Å². The molecule has 0 aliphatic carbocycles. The average molecular weight is 286 g/mol. The monoisotopic (exact) mass is 286 g/mol. The highest BCUT2D eigenvalue weighted by Crippen LogP contribution is 2.37. The minimum Gasteiger partial charge on any atom is -0.504 e. The van der Waals surface area contributed by atoms with Crippen LogP contribution in [0.2, 0.25) is 0 Å². The first-order valence-corrected chi connectivity index (χ1v) is 7.47. The summed E-state index contributed by atoms with van der Waals surface area (Å²) >= 11 is 0. The first-order valence-electron chi connectivity index (χ1n) is 7.47. The molecule has 0 fully saturated rings. The van der Waals surface area contributed by atoms with E-state index in [1.54, 1.807) is 12.1 Å². The maximum absolute atomic E-state index is 9.83. The summed E-state index contributed by atoms with van der Waals surface area (Å²) in [5, 5.41) is 23.1. The van der Waals surface area contributed by atoms with Gasteiger partial charge < -0.3 is 20.1 Å². The second-order valence-electron chi connectivity index (χ2n) is 5.75. The van der Waals surface area contributed by atoms with E-state index in [0.717, 1.165) is 30.6 Å². The number of phenolic OH excluding ortho intramolecular Hbond substituents is 2. The number of rotatable bonds is 2. The number of aromatic hydroxyl groups is 2. The maximum atomic E-state index is 9.83. The van der Waals surface area contributed by atoms with Crippen molar-refractivity contribution in [1.29, 1.82) is 0 Å². The van der Waals surface area contributed by atoms with Crippen molar-refractivity contribution < 1.29 is 10.2 Å². The van der Waals surface area contributed by atoms with Crippen molar-refractivity contribution in [1.82, 2.24) is 9.88 Å². The van der Waals surface area contributed by atoms with E-state index in [2.05, 4.69) is 36.7 Å². The lowest BCUT2D eigenvalue weighted by Crippen LogP contribution is -2.30. The molecule has 4 nitrogen and oxygen atoms in total. The lowest BCUT2D eigenvalue weighted by molar-refractivity contribution is 0.400. The van der Waals surface area contributed by atoms with Gasteiger partial charge in [0.25, 0.3) is 0 Å². The molecular formula is C17H22N2O2. The lowest BCUT2D eigenvalue weighted by atomic mass is 9.89. The van der Waals surface area contributed by atoms with Crippen molar-refractivity contribution in [3.63, 3.8) is 0 Å². The molecule has 1 atom stereocenters. The Kier molecular flexibility index (Phi) is 3.41.